The van der Waals surface area contributed by atoms with E-state index < -0.39 is 10.0 Å². The van der Waals surface area contributed by atoms with Crippen molar-refractivity contribution in [2.24, 2.45) is 7.05 Å². The van der Waals surface area contributed by atoms with Gasteiger partial charge in [-0.25, -0.2) is 8.42 Å². The summed E-state index contributed by atoms with van der Waals surface area (Å²) in [7, 11) is -1.86. The van der Waals surface area contributed by atoms with Crippen LogP contribution in [-0.4, -0.2) is 53.4 Å². The molecule has 8 heteroatoms. The van der Waals surface area contributed by atoms with Crippen LogP contribution in [0.4, 0.5) is 0 Å². The zero-order valence-electron chi connectivity index (χ0n) is 11.4. The fraction of sp³-hybridized carbons (Fsp3) is 0.500. The molecular weight excluding hydrogens is 278 g/mol. The van der Waals surface area contributed by atoms with Gasteiger partial charge in [0.1, 0.15) is 15.9 Å². The molecule has 1 aromatic carbocycles. The first-order valence-corrected chi connectivity index (χ1v) is 7.97. The Balaban J connectivity index is 2.13. The van der Waals surface area contributed by atoms with Crippen molar-refractivity contribution in [1.82, 2.24) is 24.6 Å². The average molecular weight is 295 g/mol. The minimum absolute atomic E-state index is 0.0688. The molecule has 0 saturated carbocycles. The van der Waals surface area contributed by atoms with E-state index >= 15 is 0 Å². The van der Waals surface area contributed by atoms with Crippen molar-refractivity contribution < 1.29 is 8.42 Å². The Labute approximate surface area is 117 Å². The van der Waals surface area contributed by atoms with Crippen LogP contribution >= 0.6 is 0 Å². The van der Waals surface area contributed by atoms with Crippen LogP contribution in [0.5, 0.6) is 0 Å². The quantitative estimate of drug-likeness (QED) is 0.840. The summed E-state index contributed by atoms with van der Waals surface area (Å²) in [6, 6.07) is 5.00. The number of rotatable bonds is 2. The molecule has 1 unspecified atom stereocenters. The first-order valence-electron chi connectivity index (χ1n) is 6.53. The zero-order chi connectivity index (χ0) is 14.3. The van der Waals surface area contributed by atoms with Crippen molar-refractivity contribution in [3.05, 3.63) is 18.2 Å². The maximum absolute atomic E-state index is 12.8. The van der Waals surface area contributed by atoms with Crippen molar-refractivity contribution in [2.45, 2.75) is 17.9 Å². The average Bonchev–Trinajstić information content (AvgIpc) is 2.78. The second kappa shape index (κ2) is 4.80. The molecule has 20 heavy (non-hydrogen) atoms. The van der Waals surface area contributed by atoms with E-state index in [-0.39, 0.29) is 10.9 Å². The zero-order valence-corrected chi connectivity index (χ0v) is 12.3. The lowest BCUT2D eigenvalue weighted by Gasteiger charge is -2.32. The third-order valence-corrected chi connectivity index (χ3v) is 5.55. The van der Waals surface area contributed by atoms with Crippen LogP contribution in [0.15, 0.2) is 23.1 Å². The Kier molecular flexibility index (Phi) is 3.23. The lowest BCUT2D eigenvalue weighted by atomic mass is 10.3. The third kappa shape index (κ3) is 2.09. The molecule has 1 aliphatic rings. The Morgan fingerprint density at radius 2 is 2.15 bits per heavy atom. The second-order valence-electron chi connectivity index (χ2n) is 4.98. The van der Waals surface area contributed by atoms with Crippen LogP contribution in [0.25, 0.3) is 11.0 Å². The predicted octanol–water partition coefficient (Wildman–Crippen LogP) is -0.0493. The van der Waals surface area contributed by atoms with Gasteiger partial charge in [0.05, 0.1) is 0 Å². The molecule has 1 fully saturated rings. The van der Waals surface area contributed by atoms with Crippen molar-refractivity contribution in [3.63, 3.8) is 0 Å². The van der Waals surface area contributed by atoms with E-state index in [0.29, 0.717) is 30.7 Å². The molecule has 1 N–H and O–H groups in total. The Hall–Kier alpha value is -1.51. The number of aromatic nitrogens is 3. The van der Waals surface area contributed by atoms with E-state index in [4.69, 9.17) is 0 Å². The molecule has 0 aliphatic carbocycles. The Bertz CT molecular complexity index is 739. The van der Waals surface area contributed by atoms with Crippen LogP contribution in [0.3, 0.4) is 0 Å². The molecule has 3 rings (SSSR count). The number of fused-ring (bicyclic) bond motifs is 1. The van der Waals surface area contributed by atoms with Gasteiger partial charge in [0.2, 0.25) is 10.0 Å². The highest BCUT2D eigenvalue weighted by molar-refractivity contribution is 7.89. The van der Waals surface area contributed by atoms with E-state index in [1.165, 1.54) is 9.10 Å². The largest absolute Gasteiger partial charge is 0.314 e. The van der Waals surface area contributed by atoms with E-state index in [1.807, 2.05) is 6.92 Å². The molecule has 0 amide bonds. The maximum atomic E-state index is 12.8. The molecule has 2 aromatic rings. The minimum atomic E-state index is -3.55. The van der Waals surface area contributed by atoms with Gasteiger partial charge in [-0.05, 0) is 19.1 Å². The highest BCUT2D eigenvalue weighted by atomic mass is 32.2. The lowest BCUT2D eigenvalue weighted by Crippen LogP contribution is -2.52. The molecule has 1 saturated heterocycles. The molecule has 0 bridgehead atoms. The third-order valence-electron chi connectivity index (χ3n) is 3.50. The van der Waals surface area contributed by atoms with Gasteiger partial charge in [-0.2, -0.15) is 19.3 Å². The number of aryl methyl sites for hydroxylation is 1. The monoisotopic (exact) mass is 295 g/mol. The van der Waals surface area contributed by atoms with Gasteiger partial charge in [0, 0.05) is 32.7 Å². The molecule has 1 atom stereocenters. The van der Waals surface area contributed by atoms with Gasteiger partial charge >= 0.3 is 0 Å². The number of hydrogen-bond donors (Lipinski definition) is 1. The summed E-state index contributed by atoms with van der Waals surface area (Å²) in [5.41, 5.74) is 1.03. The van der Waals surface area contributed by atoms with Gasteiger partial charge in [-0.15, -0.1) is 0 Å². The van der Waals surface area contributed by atoms with Crippen LogP contribution in [0, 0.1) is 0 Å². The molecular formula is C12H17N5O2S. The smallest absolute Gasteiger partial charge is 0.245 e. The number of benzene rings is 1. The summed E-state index contributed by atoms with van der Waals surface area (Å²) in [5, 5.41) is 11.5. The summed E-state index contributed by atoms with van der Waals surface area (Å²) in [6.45, 7) is 3.70. The Morgan fingerprint density at radius 1 is 1.35 bits per heavy atom. The highest BCUT2D eigenvalue weighted by Crippen LogP contribution is 2.25. The summed E-state index contributed by atoms with van der Waals surface area (Å²) < 4.78 is 27.2. The maximum Gasteiger partial charge on any atom is 0.245 e. The lowest BCUT2D eigenvalue weighted by molar-refractivity contribution is 0.284. The van der Waals surface area contributed by atoms with Crippen LogP contribution < -0.4 is 5.32 Å². The first kappa shape index (κ1) is 13.5. The second-order valence-corrected chi connectivity index (χ2v) is 6.84. The number of nitrogens with zero attached hydrogens (tertiary/aromatic N) is 4. The summed E-state index contributed by atoms with van der Waals surface area (Å²) in [6.07, 6.45) is 0. The SMILES string of the molecule is CC1CNCCN1S(=O)(=O)c1cccc2nn(C)nc12. The summed E-state index contributed by atoms with van der Waals surface area (Å²) in [4.78, 5) is 1.63. The van der Waals surface area contributed by atoms with Crippen molar-refractivity contribution in [3.8, 4) is 0 Å². The predicted molar refractivity (Wildman–Crippen MR) is 74.7 cm³/mol. The molecule has 7 nitrogen and oxygen atoms in total. The molecule has 2 heterocycles. The van der Waals surface area contributed by atoms with Gasteiger partial charge in [-0.1, -0.05) is 6.07 Å². The standard InChI is InChI=1S/C12H17N5O2S/c1-9-8-13-6-7-17(9)20(18,19)11-5-3-4-10-12(11)15-16(2)14-10/h3-5,9,13H,6-8H2,1-2H3. The van der Waals surface area contributed by atoms with E-state index in [2.05, 4.69) is 15.5 Å². The van der Waals surface area contributed by atoms with Crippen LogP contribution in [0.1, 0.15) is 6.92 Å². The molecule has 1 aliphatic heterocycles. The topological polar surface area (TPSA) is 80.1 Å². The number of nitrogens with one attached hydrogen (secondary N) is 1. The number of sulfonamides is 1. The van der Waals surface area contributed by atoms with Gasteiger partial charge < -0.3 is 5.32 Å². The summed E-state index contributed by atoms with van der Waals surface area (Å²) in [5.74, 6) is 0. The fourth-order valence-corrected chi connectivity index (χ4v) is 4.30. The molecule has 0 radical (unpaired) electrons. The number of piperazine rings is 1. The van der Waals surface area contributed by atoms with Crippen LogP contribution in [0.2, 0.25) is 0 Å². The van der Waals surface area contributed by atoms with E-state index in [0.717, 1.165) is 0 Å². The number of hydrogen-bond acceptors (Lipinski definition) is 5. The van der Waals surface area contributed by atoms with Gasteiger partial charge in [0.25, 0.3) is 0 Å². The molecule has 0 spiro atoms. The minimum Gasteiger partial charge on any atom is -0.314 e. The van der Waals surface area contributed by atoms with Crippen molar-refractivity contribution in [2.75, 3.05) is 19.6 Å². The first-order chi connectivity index (χ1) is 9.50. The Morgan fingerprint density at radius 3 is 2.90 bits per heavy atom. The summed E-state index contributed by atoms with van der Waals surface area (Å²) >= 11 is 0. The fourth-order valence-electron chi connectivity index (χ4n) is 2.53. The van der Waals surface area contributed by atoms with E-state index in [1.54, 1.807) is 25.2 Å². The molecule has 108 valence electrons. The molecule has 1 aromatic heterocycles. The van der Waals surface area contributed by atoms with Crippen LogP contribution in [-0.2, 0) is 17.1 Å². The van der Waals surface area contributed by atoms with Crippen molar-refractivity contribution >= 4 is 21.1 Å². The van der Waals surface area contributed by atoms with E-state index in [9.17, 15) is 8.42 Å². The van der Waals surface area contributed by atoms with Crippen molar-refractivity contribution in [1.29, 1.82) is 0 Å². The van der Waals surface area contributed by atoms with Gasteiger partial charge in [-0.3, -0.25) is 0 Å². The normalized spacial score (nSPS) is 21.4. The van der Waals surface area contributed by atoms with Gasteiger partial charge in [0.15, 0.2) is 0 Å². The highest BCUT2D eigenvalue weighted by Gasteiger charge is 2.32.